The van der Waals surface area contributed by atoms with Crippen LogP contribution in [-0.4, -0.2) is 51.5 Å². The van der Waals surface area contributed by atoms with Gasteiger partial charge in [-0.1, -0.05) is 19.3 Å². The molecule has 28 heavy (non-hydrogen) atoms. The lowest BCUT2D eigenvalue weighted by atomic mass is 9.94. The van der Waals surface area contributed by atoms with Crippen LogP contribution in [0.4, 0.5) is 5.69 Å². The van der Waals surface area contributed by atoms with Crippen LogP contribution in [0, 0.1) is 5.41 Å². The van der Waals surface area contributed by atoms with Crippen molar-refractivity contribution in [1.29, 1.82) is 5.41 Å². The van der Waals surface area contributed by atoms with Gasteiger partial charge in [-0.3, -0.25) is 5.41 Å². The van der Waals surface area contributed by atoms with Crippen LogP contribution in [0.15, 0.2) is 24.0 Å². The standard InChI is InChI=1S/C22H29N5O/c23-21-20(19(28)14-27(21)15-7-3-1-4-8-15)22-24-17-10-9-16(13-18(17)25-22)26-11-5-2-6-12-26/h9-10,13,15,23,28H,1-8,11-12,14H2,(H,24,25). The molecule has 3 heterocycles. The van der Waals surface area contributed by atoms with Crippen molar-refractivity contribution < 1.29 is 5.11 Å². The third kappa shape index (κ3) is 3.05. The van der Waals surface area contributed by atoms with Crippen LogP contribution in [0.5, 0.6) is 0 Å². The van der Waals surface area contributed by atoms with Crippen molar-refractivity contribution in [2.45, 2.75) is 57.4 Å². The van der Waals surface area contributed by atoms with E-state index in [1.165, 1.54) is 44.2 Å². The van der Waals surface area contributed by atoms with Gasteiger partial charge in [0.05, 0.1) is 23.2 Å². The second kappa shape index (κ2) is 7.15. The van der Waals surface area contributed by atoms with Gasteiger partial charge in [-0.25, -0.2) is 4.98 Å². The molecule has 1 aromatic carbocycles. The summed E-state index contributed by atoms with van der Waals surface area (Å²) in [6, 6.07) is 6.72. The van der Waals surface area contributed by atoms with Gasteiger partial charge in [0.25, 0.3) is 0 Å². The number of aliphatic hydroxyl groups is 1. The number of aromatic amines is 1. The normalized spacial score (nSPS) is 21.9. The van der Waals surface area contributed by atoms with Crippen molar-refractivity contribution in [2.24, 2.45) is 0 Å². The molecule has 1 saturated carbocycles. The molecule has 6 nitrogen and oxygen atoms in total. The molecule has 1 aliphatic carbocycles. The van der Waals surface area contributed by atoms with Crippen molar-refractivity contribution >= 4 is 28.1 Å². The number of anilines is 1. The molecule has 0 atom stereocenters. The fraction of sp³-hybridized carbons (Fsp3) is 0.545. The van der Waals surface area contributed by atoms with Crippen LogP contribution < -0.4 is 4.90 Å². The summed E-state index contributed by atoms with van der Waals surface area (Å²) in [5.41, 5.74) is 3.66. The van der Waals surface area contributed by atoms with E-state index in [1.54, 1.807) is 0 Å². The summed E-state index contributed by atoms with van der Waals surface area (Å²) in [7, 11) is 0. The fourth-order valence-corrected chi connectivity index (χ4v) is 5.02. The highest BCUT2D eigenvalue weighted by Gasteiger charge is 2.35. The summed E-state index contributed by atoms with van der Waals surface area (Å²) in [4.78, 5) is 12.6. The van der Waals surface area contributed by atoms with E-state index in [-0.39, 0.29) is 5.76 Å². The molecule has 2 aromatic rings. The SMILES string of the molecule is N=C1C(c2nc3ccc(N4CCCCC4)cc3[nH]2)=C(O)CN1C1CCCCC1. The van der Waals surface area contributed by atoms with Gasteiger partial charge in [0.1, 0.15) is 17.4 Å². The minimum Gasteiger partial charge on any atom is -0.510 e. The molecular weight excluding hydrogens is 350 g/mol. The highest BCUT2D eigenvalue weighted by molar-refractivity contribution is 6.23. The Balaban J connectivity index is 1.42. The first kappa shape index (κ1) is 17.6. The zero-order chi connectivity index (χ0) is 19.1. The average Bonchev–Trinajstić information content (AvgIpc) is 3.28. The summed E-state index contributed by atoms with van der Waals surface area (Å²) in [5, 5.41) is 19.3. The van der Waals surface area contributed by atoms with Gasteiger partial charge in [-0.15, -0.1) is 0 Å². The van der Waals surface area contributed by atoms with Gasteiger partial charge in [0, 0.05) is 24.8 Å². The number of rotatable bonds is 3. The molecule has 0 radical (unpaired) electrons. The number of fused-ring (bicyclic) bond motifs is 1. The number of nitrogens with zero attached hydrogens (tertiary/aromatic N) is 3. The minimum atomic E-state index is 0.269. The fourth-order valence-electron chi connectivity index (χ4n) is 5.02. The summed E-state index contributed by atoms with van der Waals surface area (Å²) >= 11 is 0. The maximum absolute atomic E-state index is 10.6. The van der Waals surface area contributed by atoms with Crippen LogP contribution in [0.25, 0.3) is 16.6 Å². The molecule has 0 unspecified atom stereocenters. The van der Waals surface area contributed by atoms with Crippen LogP contribution in [0.1, 0.15) is 57.2 Å². The third-order valence-corrected chi connectivity index (χ3v) is 6.57. The van der Waals surface area contributed by atoms with Crippen molar-refractivity contribution in [2.75, 3.05) is 24.5 Å². The van der Waals surface area contributed by atoms with Crippen molar-refractivity contribution in [3.8, 4) is 0 Å². The van der Waals surface area contributed by atoms with E-state index in [9.17, 15) is 5.11 Å². The maximum atomic E-state index is 10.6. The Kier molecular flexibility index (Phi) is 4.49. The molecule has 6 heteroatoms. The summed E-state index contributed by atoms with van der Waals surface area (Å²) in [6.07, 6.45) is 9.77. The molecule has 2 fully saturated rings. The molecule has 148 valence electrons. The lowest BCUT2D eigenvalue weighted by Gasteiger charge is -2.32. The zero-order valence-corrected chi connectivity index (χ0v) is 16.4. The summed E-state index contributed by atoms with van der Waals surface area (Å²) in [6.45, 7) is 2.66. The first-order chi connectivity index (χ1) is 13.7. The zero-order valence-electron chi connectivity index (χ0n) is 16.4. The van der Waals surface area contributed by atoms with Crippen molar-refractivity contribution in [3.63, 3.8) is 0 Å². The minimum absolute atomic E-state index is 0.269. The number of amidine groups is 1. The lowest BCUT2D eigenvalue weighted by molar-refractivity contribution is 0.241. The molecule has 0 bridgehead atoms. The van der Waals surface area contributed by atoms with E-state index in [2.05, 4.69) is 26.9 Å². The van der Waals surface area contributed by atoms with Gasteiger partial charge < -0.3 is 19.9 Å². The van der Waals surface area contributed by atoms with Crippen LogP contribution >= 0.6 is 0 Å². The number of hydrogen-bond donors (Lipinski definition) is 3. The summed E-state index contributed by atoms with van der Waals surface area (Å²) < 4.78 is 0. The van der Waals surface area contributed by atoms with Crippen LogP contribution in [0.3, 0.4) is 0 Å². The molecular formula is C22H29N5O. The van der Waals surface area contributed by atoms with E-state index in [1.807, 2.05) is 6.07 Å². The Bertz CT molecular complexity index is 918. The molecule has 5 rings (SSSR count). The predicted octanol–water partition coefficient (Wildman–Crippen LogP) is 4.45. The van der Waals surface area contributed by atoms with Crippen molar-refractivity contribution in [1.82, 2.24) is 14.9 Å². The van der Waals surface area contributed by atoms with Gasteiger partial charge in [0.2, 0.25) is 0 Å². The molecule has 1 saturated heterocycles. The Morgan fingerprint density at radius 1 is 1.04 bits per heavy atom. The molecule has 3 N–H and O–H groups in total. The van der Waals surface area contributed by atoms with Gasteiger partial charge in [-0.05, 0) is 50.3 Å². The number of piperidine rings is 1. The number of benzene rings is 1. The van der Waals surface area contributed by atoms with Gasteiger partial charge in [-0.2, -0.15) is 0 Å². The van der Waals surface area contributed by atoms with E-state index in [0.717, 1.165) is 37.0 Å². The second-order valence-electron chi connectivity index (χ2n) is 8.42. The number of aliphatic hydroxyl groups excluding tert-OH is 1. The summed E-state index contributed by atoms with van der Waals surface area (Å²) in [5.74, 6) is 1.30. The Hall–Kier alpha value is -2.50. The highest BCUT2D eigenvalue weighted by Crippen LogP contribution is 2.33. The quantitative estimate of drug-likeness (QED) is 0.736. The topological polar surface area (TPSA) is 79.2 Å². The maximum Gasteiger partial charge on any atom is 0.145 e. The first-order valence-corrected chi connectivity index (χ1v) is 10.7. The van der Waals surface area contributed by atoms with Crippen molar-refractivity contribution in [3.05, 3.63) is 29.8 Å². The monoisotopic (exact) mass is 379 g/mol. The van der Waals surface area contributed by atoms with Crippen LogP contribution in [-0.2, 0) is 0 Å². The number of nitrogens with one attached hydrogen (secondary N) is 2. The van der Waals surface area contributed by atoms with E-state index in [0.29, 0.717) is 29.8 Å². The van der Waals surface area contributed by atoms with Gasteiger partial charge in [0.15, 0.2) is 0 Å². The van der Waals surface area contributed by atoms with Gasteiger partial charge >= 0.3 is 0 Å². The number of imidazole rings is 1. The molecule has 0 spiro atoms. The Morgan fingerprint density at radius 2 is 1.79 bits per heavy atom. The Morgan fingerprint density at radius 3 is 2.57 bits per heavy atom. The first-order valence-electron chi connectivity index (χ1n) is 10.7. The lowest BCUT2D eigenvalue weighted by Crippen LogP contribution is -2.38. The highest BCUT2D eigenvalue weighted by atomic mass is 16.3. The largest absolute Gasteiger partial charge is 0.510 e. The second-order valence-corrected chi connectivity index (χ2v) is 8.42. The smallest absolute Gasteiger partial charge is 0.145 e. The molecule has 3 aliphatic rings. The van der Waals surface area contributed by atoms with E-state index < -0.39 is 0 Å². The average molecular weight is 380 g/mol. The predicted molar refractivity (Wildman–Crippen MR) is 113 cm³/mol. The molecule has 1 aromatic heterocycles. The van der Waals surface area contributed by atoms with E-state index >= 15 is 0 Å². The van der Waals surface area contributed by atoms with Crippen LogP contribution in [0.2, 0.25) is 0 Å². The molecule has 0 amide bonds. The number of hydrogen-bond acceptors (Lipinski definition) is 4. The van der Waals surface area contributed by atoms with E-state index in [4.69, 9.17) is 10.4 Å². The number of H-pyrrole nitrogens is 1. The number of aromatic nitrogens is 2. The Labute approximate surface area is 165 Å². The molecule has 2 aliphatic heterocycles. The third-order valence-electron chi connectivity index (χ3n) is 6.57.